The summed E-state index contributed by atoms with van der Waals surface area (Å²) in [6, 6.07) is 15.0. The van der Waals surface area contributed by atoms with Crippen molar-refractivity contribution >= 4 is 5.97 Å². The van der Waals surface area contributed by atoms with Gasteiger partial charge in [-0.1, -0.05) is 55.5 Å². The van der Waals surface area contributed by atoms with Gasteiger partial charge in [0.05, 0.1) is 5.97 Å². The molecule has 0 aliphatic heterocycles. The predicted molar refractivity (Wildman–Crippen MR) is 65.6 cm³/mol. The standard InChI is InChI=1S/C15H14O2.Na/c1-2-11-3-5-12(6-4-11)13-7-9-14(10-8-13)15(16)17;/h3-10H,2H2,1H3,(H,16,17);/q;+1/p-1. The van der Waals surface area contributed by atoms with Crippen LogP contribution < -0.4 is 34.7 Å². The van der Waals surface area contributed by atoms with Crippen LogP contribution in [0.5, 0.6) is 0 Å². The van der Waals surface area contributed by atoms with Crippen molar-refractivity contribution in [1.82, 2.24) is 0 Å². The van der Waals surface area contributed by atoms with Gasteiger partial charge < -0.3 is 9.90 Å². The third kappa shape index (κ3) is 3.45. The van der Waals surface area contributed by atoms with Crippen LogP contribution in [0.1, 0.15) is 22.8 Å². The van der Waals surface area contributed by atoms with Gasteiger partial charge in [-0.2, -0.15) is 0 Å². The van der Waals surface area contributed by atoms with Gasteiger partial charge in [0.2, 0.25) is 0 Å². The number of hydrogen-bond acceptors (Lipinski definition) is 2. The second kappa shape index (κ2) is 6.74. The van der Waals surface area contributed by atoms with Crippen LogP contribution in [0.2, 0.25) is 0 Å². The van der Waals surface area contributed by atoms with E-state index in [0.29, 0.717) is 0 Å². The second-order valence-corrected chi connectivity index (χ2v) is 3.92. The molecule has 0 amide bonds. The average molecular weight is 248 g/mol. The molecule has 2 aromatic carbocycles. The Morgan fingerprint density at radius 3 is 1.78 bits per heavy atom. The number of aromatic carboxylic acids is 1. The Balaban J connectivity index is 0.00000162. The van der Waals surface area contributed by atoms with Crippen molar-refractivity contribution in [3.63, 3.8) is 0 Å². The minimum absolute atomic E-state index is 0. The van der Waals surface area contributed by atoms with E-state index in [1.807, 2.05) is 12.1 Å². The number of rotatable bonds is 3. The first kappa shape index (κ1) is 15.0. The predicted octanol–water partition coefficient (Wildman–Crippen LogP) is -0.716. The minimum atomic E-state index is -1.14. The van der Waals surface area contributed by atoms with Gasteiger partial charge in [0, 0.05) is 0 Å². The molecule has 0 heterocycles. The van der Waals surface area contributed by atoms with Crippen molar-refractivity contribution in [3.05, 3.63) is 59.7 Å². The number of carboxylic acids is 1. The molecule has 2 nitrogen and oxygen atoms in total. The van der Waals surface area contributed by atoms with Crippen LogP contribution in [0.15, 0.2) is 48.5 Å². The maximum Gasteiger partial charge on any atom is 1.00 e. The number of aryl methyl sites for hydroxylation is 1. The number of carbonyl (C=O) groups excluding carboxylic acids is 1. The molecule has 0 atom stereocenters. The van der Waals surface area contributed by atoms with Gasteiger partial charge in [-0.3, -0.25) is 0 Å². The van der Waals surface area contributed by atoms with Crippen LogP contribution in [-0.2, 0) is 6.42 Å². The smallest absolute Gasteiger partial charge is 0.545 e. The maximum absolute atomic E-state index is 10.6. The van der Waals surface area contributed by atoms with E-state index in [2.05, 4.69) is 19.1 Å². The first-order valence-electron chi connectivity index (χ1n) is 5.61. The van der Waals surface area contributed by atoms with Crippen molar-refractivity contribution in [2.75, 3.05) is 0 Å². The van der Waals surface area contributed by atoms with Gasteiger partial charge >= 0.3 is 29.6 Å². The molecule has 0 bridgehead atoms. The molecule has 0 aliphatic carbocycles. The van der Waals surface area contributed by atoms with Crippen LogP contribution in [0.3, 0.4) is 0 Å². The SMILES string of the molecule is CCc1ccc(-c2ccc(C(=O)[O-])cc2)cc1.[Na+]. The summed E-state index contributed by atoms with van der Waals surface area (Å²) in [7, 11) is 0. The Hall–Kier alpha value is -1.09. The van der Waals surface area contributed by atoms with Crippen molar-refractivity contribution in [2.45, 2.75) is 13.3 Å². The molecular weight excluding hydrogens is 235 g/mol. The van der Waals surface area contributed by atoms with Crippen LogP contribution in [0.25, 0.3) is 11.1 Å². The van der Waals surface area contributed by atoms with Gasteiger partial charge in [-0.05, 0) is 28.7 Å². The van der Waals surface area contributed by atoms with Crippen molar-refractivity contribution in [2.24, 2.45) is 0 Å². The van der Waals surface area contributed by atoms with Gasteiger partial charge in [0.25, 0.3) is 0 Å². The fraction of sp³-hybridized carbons (Fsp3) is 0.133. The third-order valence-electron chi connectivity index (χ3n) is 2.82. The van der Waals surface area contributed by atoms with Crippen LogP contribution in [0, 0.1) is 0 Å². The molecule has 0 spiro atoms. The number of carbonyl (C=O) groups is 1. The molecule has 0 unspecified atom stereocenters. The summed E-state index contributed by atoms with van der Waals surface area (Å²) in [5.74, 6) is -1.14. The molecule has 18 heavy (non-hydrogen) atoms. The summed E-state index contributed by atoms with van der Waals surface area (Å²) >= 11 is 0. The maximum atomic E-state index is 10.6. The number of hydrogen-bond donors (Lipinski definition) is 0. The topological polar surface area (TPSA) is 40.1 Å². The molecule has 2 aromatic rings. The van der Waals surface area contributed by atoms with E-state index < -0.39 is 5.97 Å². The molecule has 0 N–H and O–H groups in total. The van der Waals surface area contributed by atoms with Crippen molar-refractivity contribution in [1.29, 1.82) is 0 Å². The molecular formula is C15H13NaO2. The Labute approximate surface area is 129 Å². The monoisotopic (exact) mass is 248 g/mol. The van der Waals surface area contributed by atoms with E-state index >= 15 is 0 Å². The fourth-order valence-corrected chi connectivity index (χ4v) is 1.73. The largest absolute Gasteiger partial charge is 1.00 e. The summed E-state index contributed by atoms with van der Waals surface area (Å²) in [5.41, 5.74) is 3.60. The van der Waals surface area contributed by atoms with Gasteiger partial charge in [0.15, 0.2) is 0 Å². The Morgan fingerprint density at radius 2 is 1.39 bits per heavy atom. The third-order valence-corrected chi connectivity index (χ3v) is 2.82. The zero-order valence-corrected chi connectivity index (χ0v) is 12.6. The summed E-state index contributed by atoms with van der Waals surface area (Å²) < 4.78 is 0. The molecule has 0 saturated carbocycles. The van der Waals surface area contributed by atoms with E-state index in [-0.39, 0.29) is 35.1 Å². The molecule has 86 valence electrons. The van der Waals surface area contributed by atoms with Crippen LogP contribution in [0.4, 0.5) is 0 Å². The van der Waals surface area contributed by atoms with E-state index in [1.165, 1.54) is 5.56 Å². The van der Waals surface area contributed by atoms with Crippen LogP contribution in [-0.4, -0.2) is 5.97 Å². The molecule has 3 heteroatoms. The Morgan fingerprint density at radius 1 is 0.944 bits per heavy atom. The normalized spacial score (nSPS) is 9.61. The summed E-state index contributed by atoms with van der Waals surface area (Å²) in [6.45, 7) is 2.11. The van der Waals surface area contributed by atoms with Crippen molar-refractivity contribution in [3.8, 4) is 11.1 Å². The first-order chi connectivity index (χ1) is 8.20. The van der Waals surface area contributed by atoms with E-state index in [4.69, 9.17) is 0 Å². The van der Waals surface area contributed by atoms with Crippen molar-refractivity contribution < 1.29 is 39.5 Å². The molecule has 0 aromatic heterocycles. The van der Waals surface area contributed by atoms with E-state index in [1.54, 1.807) is 24.3 Å². The zero-order chi connectivity index (χ0) is 12.3. The second-order valence-electron chi connectivity index (χ2n) is 3.92. The Bertz CT molecular complexity index is 515. The number of benzene rings is 2. The summed E-state index contributed by atoms with van der Waals surface area (Å²) in [5, 5.41) is 10.6. The summed E-state index contributed by atoms with van der Waals surface area (Å²) in [4.78, 5) is 10.6. The summed E-state index contributed by atoms with van der Waals surface area (Å²) in [6.07, 6.45) is 1.02. The van der Waals surface area contributed by atoms with E-state index in [0.717, 1.165) is 17.5 Å². The fourth-order valence-electron chi connectivity index (χ4n) is 1.73. The van der Waals surface area contributed by atoms with E-state index in [9.17, 15) is 9.90 Å². The molecule has 0 saturated heterocycles. The molecule has 0 fully saturated rings. The van der Waals surface area contributed by atoms with Gasteiger partial charge in [-0.25, -0.2) is 0 Å². The molecule has 0 aliphatic rings. The zero-order valence-electron chi connectivity index (χ0n) is 10.6. The first-order valence-corrected chi connectivity index (χ1v) is 5.61. The quantitative estimate of drug-likeness (QED) is 0.673. The van der Waals surface area contributed by atoms with Gasteiger partial charge in [-0.15, -0.1) is 0 Å². The average Bonchev–Trinajstić information content (AvgIpc) is 2.39. The van der Waals surface area contributed by atoms with Crippen LogP contribution >= 0.6 is 0 Å². The minimum Gasteiger partial charge on any atom is -0.545 e. The Kier molecular flexibility index (Phi) is 5.60. The van der Waals surface area contributed by atoms with Gasteiger partial charge in [0.1, 0.15) is 0 Å². The molecule has 2 rings (SSSR count). The molecule has 0 radical (unpaired) electrons. The number of carboxylic acid groups (broad SMARTS) is 1.